The predicted octanol–water partition coefficient (Wildman–Crippen LogP) is 2.90. The Morgan fingerprint density at radius 2 is 1.81 bits per heavy atom. The third kappa shape index (κ3) is 4.32. The van der Waals surface area contributed by atoms with E-state index in [0.29, 0.717) is 31.3 Å². The molecule has 0 radical (unpaired) electrons. The number of para-hydroxylation sites is 1. The molecule has 1 fully saturated rings. The number of halogens is 3. The number of hydrogen-bond donors (Lipinski definition) is 0. The number of anilines is 1. The van der Waals surface area contributed by atoms with Crippen molar-refractivity contribution < 1.29 is 21.6 Å². The topological polar surface area (TPSA) is 66.4 Å². The summed E-state index contributed by atoms with van der Waals surface area (Å²) in [6.45, 7) is 3.08. The molecule has 0 bridgehead atoms. The first-order chi connectivity index (χ1) is 12.7. The number of nitrogens with zero attached hydrogens (tertiary/aromatic N) is 4. The summed E-state index contributed by atoms with van der Waals surface area (Å²) in [6, 6.07) is 6.55. The van der Waals surface area contributed by atoms with Gasteiger partial charge in [-0.1, -0.05) is 19.1 Å². The van der Waals surface area contributed by atoms with E-state index in [9.17, 15) is 21.6 Å². The highest BCUT2D eigenvalue weighted by molar-refractivity contribution is 7.89. The summed E-state index contributed by atoms with van der Waals surface area (Å²) in [4.78, 5) is 9.14. The van der Waals surface area contributed by atoms with Crippen LogP contribution < -0.4 is 4.90 Å². The van der Waals surface area contributed by atoms with Crippen LogP contribution in [0.15, 0.2) is 24.3 Å². The minimum atomic E-state index is -4.65. The lowest BCUT2D eigenvalue weighted by molar-refractivity contribution is -0.144. The molecule has 2 aromatic rings. The van der Waals surface area contributed by atoms with Crippen molar-refractivity contribution in [2.24, 2.45) is 0 Å². The molecule has 1 aliphatic heterocycles. The number of hydrogen-bond acceptors (Lipinski definition) is 5. The zero-order valence-electron chi connectivity index (χ0n) is 14.9. The fraction of sp³-hybridized carbons (Fsp3) is 0.529. The smallest absolute Gasteiger partial charge is 0.355 e. The maximum Gasteiger partial charge on any atom is 0.451 e. The van der Waals surface area contributed by atoms with Gasteiger partial charge in [-0.25, -0.2) is 22.7 Å². The standard InChI is InChI=1S/C17H21F3N4O2S/c1-2-12-27(25,26)24-9-5-8-23(10-11-24)15-13-6-3-4-7-14(13)21-16(22-15)17(18,19)20/h3-4,6-7H,2,5,8-12H2,1H3. The van der Waals surface area contributed by atoms with E-state index in [-0.39, 0.29) is 30.2 Å². The van der Waals surface area contributed by atoms with Gasteiger partial charge in [0.05, 0.1) is 11.3 Å². The summed E-state index contributed by atoms with van der Waals surface area (Å²) >= 11 is 0. The number of benzene rings is 1. The van der Waals surface area contributed by atoms with Gasteiger partial charge in [0.15, 0.2) is 0 Å². The van der Waals surface area contributed by atoms with Gasteiger partial charge in [-0.05, 0) is 25.0 Å². The van der Waals surface area contributed by atoms with Crippen LogP contribution in [0.25, 0.3) is 10.9 Å². The Morgan fingerprint density at radius 1 is 1.07 bits per heavy atom. The van der Waals surface area contributed by atoms with Crippen LogP contribution in [-0.4, -0.2) is 54.6 Å². The number of alkyl halides is 3. The van der Waals surface area contributed by atoms with Crippen LogP contribution in [0.1, 0.15) is 25.6 Å². The molecule has 3 rings (SSSR count). The fourth-order valence-corrected chi connectivity index (χ4v) is 4.74. The Hall–Kier alpha value is -1.94. The molecule has 0 unspecified atom stereocenters. The maximum absolute atomic E-state index is 13.2. The molecule has 6 nitrogen and oxygen atoms in total. The molecule has 2 heterocycles. The quantitative estimate of drug-likeness (QED) is 0.787. The largest absolute Gasteiger partial charge is 0.451 e. The molecule has 27 heavy (non-hydrogen) atoms. The van der Waals surface area contributed by atoms with Crippen molar-refractivity contribution in [1.82, 2.24) is 14.3 Å². The third-order valence-electron chi connectivity index (χ3n) is 4.45. The molecule has 0 saturated carbocycles. The van der Waals surface area contributed by atoms with Crippen LogP contribution in [0, 0.1) is 0 Å². The van der Waals surface area contributed by atoms with Crippen molar-refractivity contribution in [3.63, 3.8) is 0 Å². The maximum atomic E-state index is 13.2. The summed E-state index contributed by atoms with van der Waals surface area (Å²) in [5.74, 6) is -0.916. The van der Waals surface area contributed by atoms with Gasteiger partial charge in [0, 0.05) is 31.6 Å². The molecular formula is C17H21F3N4O2S. The van der Waals surface area contributed by atoms with Gasteiger partial charge in [0.1, 0.15) is 5.82 Å². The van der Waals surface area contributed by atoms with E-state index in [2.05, 4.69) is 9.97 Å². The molecule has 0 spiro atoms. The van der Waals surface area contributed by atoms with Crippen molar-refractivity contribution in [2.75, 3.05) is 36.8 Å². The highest BCUT2D eigenvalue weighted by Gasteiger charge is 2.36. The lowest BCUT2D eigenvalue weighted by atomic mass is 10.2. The van der Waals surface area contributed by atoms with Gasteiger partial charge in [-0.2, -0.15) is 13.2 Å². The van der Waals surface area contributed by atoms with Crippen LogP contribution in [0.4, 0.5) is 19.0 Å². The molecule has 0 aliphatic carbocycles. The van der Waals surface area contributed by atoms with Crippen LogP contribution in [-0.2, 0) is 16.2 Å². The van der Waals surface area contributed by atoms with Crippen molar-refractivity contribution >= 4 is 26.7 Å². The SMILES string of the molecule is CCCS(=O)(=O)N1CCCN(c2nc(C(F)(F)F)nc3ccccc23)CC1. The Morgan fingerprint density at radius 3 is 2.52 bits per heavy atom. The third-order valence-corrected chi connectivity index (χ3v) is 6.52. The molecular weight excluding hydrogens is 381 g/mol. The zero-order valence-corrected chi connectivity index (χ0v) is 15.7. The average Bonchev–Trinajstić information content (AvgIpc) is 2.86. The molecule has 0 atom stereocenters. The van der Waals surface area contributed by atoms with Gasteiger partial charge in [0.25, 0.3) is 0 Å². The first-order valence-corrected chi connectivity index (χ1v) is 10.4. The van der Waals surface area contributed by atoms with E-state index in [4.69, 9.17) is 0 Å². The van der Waals surface area contributed by atoms with Crippen LogP contribution in [0.3, 0.4) is 0 Å². The van der Waals surface area contributed by atoms with Gasteiger partial charge in [-0.15, -0.1) is 0 Å². The molecule has 1 aromatic carbocycles. The van der Waals surface area contributed by atoms with Crippen molar-refractivity contribution in [3.05, 3.63) is 30.1 Å². The van der Waals surface area contributed by atoms with E-state index < -0.39 is 22.0 Å². The fourth-order valence-electron chi connectivity index (χ4n) is 3.20. The minimum Gasteiger partial charge on any atom is -0.355 e. The predicted molar refractivity (Wildman–Crippen MR) is 97.0 cm³/mol. The molecule has 1 aliphatic rings. The molecule has 0 N–H and O–H groups in total. The number of rotatable bonds is 4. The van der Waals surface area contributed by atoms with E-state index in [1.165, 1.54) is 10.4 Å². The van der Waals surface area contributed by atoms with Gasteiger partial charge >= 0.3 is 6.18 Å². The summed E-state index contributed by atoms with van der Waals surface area (Å²) < 4.78 is 65.7. The Bertz CT molecular complexity index is 918. The normalized spacial score (nSPS) is 17.3. The van der Waals surface area contributed by atoms with Crippen molar-refractivity contribution in [1.29, 1.82) is 0 Å². The lowest BCUT2D eigenvalue weighted by Crippen LogP contribution is -2.36. The van der Waals surface area contributed by atoms with E-state index in [1.807, 2.05) is 0 Å². The highest BCUT2D eigenvalue weighted by atomic mass is 32.2. The lowest BCUT2D eigenvalue weighted by Gasteiger charge is -2.24. The second kappa shape index (κ2) is 7.59. The summed E-state index contributed by atoms with van der Waals surface area (Å²) in [7, 11) is -3.34. The van der Waals surface area contributed by atoms with Crippen molar-refractivity contribution in [2.45, 2.75) is 25.9 Å². The second-order valence-corrected chi connectivity index (χ2v) is 8.53. The van der Waals surface area contributed by atoms with Crippen LogP contribution >= 0.6 is 0 Å². The van der Waals surface area contributed by atoms with Gasteiger partial charge < -0.3 is 4.90 Å². The van der Waals surface area contributed by atoms with Gasteiger partial charge in [-0.3, -0.25) is 0 Å². The Kier molecular flexibility index (Phi) is 5.57. The average molecular weight is 402 g/mol. The molecule has 1 aromatic heterocycles. The Balaban J connectivity index is 1.95. The minimum absolute atomic E-state index is 0.0711. The van der Waals surface area contributed by atoms with E-state index in [0.717, 1.165) is 0 Å². The molecule has 0 amide bonds. The van der Waals surface area contributed by atoms with Gasteiger partial charge in [0.2, 0.25) is 15.8 Å². The molecule has 148 valence electrons. The summed E-state index contributed by atoms with van der Waals surface area (Å²) in [5, 5.41) is 0.523. The highest BCUT2D eigenvalue weighted by Crippen LogP contribution is 2.32. The summed E-state index contributed by atoms with van der Waals surface area (Å²) in [6.07, 6.45) is -3.61. The molecule has 10 heteroatoms. The van der Waals surface area contributed by atoms with E-state index >= 15 is 0 Å². The number of sulfonamides is 1. The Labute approximate surface area is 156 Å². The zero-order chi connectivity index (χ0) is 19.7. The molecule has 1 saturated heterocycles. The number of fused-ring (bicyclic) bond motifs is 1. The first kappa shape index (κ1) is 19.8. The van der Waals surface area contributed by atoms with Crippen LogP contribution in [0.2, 0.25) is 0 Å². The van der Waals surface area contributed by atoms with Crippen molar-refractivity contribution in [3.8, 4) is 0 Å². The monoisotopic (exact) mass is 402 g/mol. The summed E-state index contributed by atoms with van der Waals surface area (Å²) in [5.41, 5.74) is 0.217. The van der Waals surface area contributed by atoms with Crippen LogP contribution in [0.5, 0.6) is 0 Å². The second-order valence-electron chi connectivity index (χ2n) is 6.44. The first-order valence-electron chi connectivity index (χ1n) is 8.79. The number of aromatic nitrogens is 2. The van der Waals surface area contributed by atoms with E-state index in [1.54, 1.807) is 30.0 Å².